The predicted octanol–water partition coefficient (Wildman–Crippen LogP) is 2.55. The summed E-state index contributed by atoms with van der Waals surface area (Å²) in [4.78, 5) is 13.7. The minimum absolute atomic E-state index is 0.0290. The molecule has 1 saturated heterocycles. The summed E-state index contributed by atoms with van der Waals surface area (Å²) in [5.74, 6) is 0. The second kappa shape index (κ2) is 3.81. The molecule has 86 valence electrons. The molecular formula is C13H18N2O. The van der Waals surface area contributed by atoms with E-state index in [0.717, 1.165) is 6.54 Å². The molecule has 3 nitrogen and oxygen atoms in total. The van der Waals surface area contributed by atoms with E-state index in [0.29, 0.717) is 0 Å². The summed E-state index contributed by atoms with van der Waals surface area (Å²) in [5, 5.41) is 3.01. The SMILES string of the molecule is CC(C)(C)N1CC(c2ccccc2)NC1=O. The van der Waals surface area contributed by atoms with Gasteiger partial charge in [0.15, 0.2) is 0 Å². The van der Waals surface area contributed by atoms with E-state index < -0.39 is 0 Å². The second-order valence-electron chi connectivity index (χ2n) is 5.19. The Bertz CT molecular complexity index is 381. The fourth-order valence-electron chi connectivity index (χ4n) is 1.99. The molecule has 0 saturated carbocycles. The molecule has 1 aromatic rings. The largest absolute Gasteiger partial charge is 0.329 e. The Balaban J connectivity index is 2.16. The van der Waals surface area contributed by atoms with Gasteiger partial charge in [-0.2, -0.15) is 0 Å². The average molecular weight is 218 g/mol. The summed E-state index contributed by atoms with van der Waals surface area (Å²) in [5.41, 5.74) is 1.05. The number of carbonyl (C=O) groups is 1. The highest BCUT2D eigenvalue weighted by atomic mass is 16.2. The fourth-order valence-corrected chi connectivity index (χ4v) is 1.99. The van der Waals surface area contributed by atoms with Crippen LogP contribution in [0.25, 0.3) is 0 Å². The molecule has 2 amide bonds. The van der Waals surface area contributed by atoms with Crippen molar-refractivity contribution in [1.29, 1.82) is 0 Å². The Morgan fingerprint density at radius 3 is 2.38 bits per heavy atom. The van der Waals surface area contributed by atoms with E-state index in [9.17, 15) is 4.79 Å². The van der Waals surface area contributed by atoms with Crippen LogP contribution in [0.15, 0.2) is 30.3 Å². The monoisotopic (exact) mass is 218 g/mol. The van der Waals surface area contributed by atoms with Gasteiger partial charge in [0.1, 0.15) is 0 Å². The van der Waals surface area contributed by atoms with Crippen molar-refractivity contribution in [2.45, 2.75) is 32.4 Å². The van der Waals surface area contributed by atoms with Crippen LogP contribution in [0.3, 0.4) is 0 Å². The number of hydrogen-bond donors (Lipinski definition) is 1. The molecule has 0 bridgehead atoms. The molecule has 0 aromatic heterocycles. The highest BCUT2D eigenvalue weighted by Crippen LogP contribution is 2.25. The average Bonchev–Trinajstić information content (AvgIpc) is 2.61. The van der Waals surface area contributed by atoms with Gasteiger partial charge in [-0.25, -0.2) is 4.79 Å². The third kappa shape index (κ3) is 2.03. The third-order valence-electron chi connectivity index (χ3n) is 2.92. The molecule has 1 heterocycles. The van der Waals surface area contributed by atoms with Crippen molar-refractivity contribution in [3.05, 3.63) is 35.9 Å². The molecule has 1 fully saturated rings. The van der Waals surface area contributed by atoms with Crippen LogP contribution in [0.1, 0.15) is 32.4 Å². The van der Waals surface area contributed by atoms with Crippen LogP contribution in [0.4, 0.5) is 4.79 Å². The van der Waals surface area contributed by atoms with Gasteiger partial charge in [0.05, 0.1) is 6.04 Å². The Hall–Kier alpha value is -1.51. The van der Waals surface area contributed by atoms with Crippen LogP contribution in [0, 0.1) is 0 Å². The summed E-state index contributed by atoms with van der Waals surface area (Å²) in [6.07, 6.45) is 0. The number of hydrogen-bond acceptors (Lipinski definition) is 1. The first-order valence-electron chi connectivity index (χ1n) is 5.61. The Kier molecular flexibility index (Phi) is 2.62. The highest BCUT2D eigenvalue weighted by Gasteiger charge is 2.36. The molecule has 1 aliphatic heterocycles. The van der Waals surface area contributed by atoms with E-state index in [4.69, 9.17) is 0 Å². The normalized spacial score (nSPS) is 21.1. The maximum absolute atomic E-state index is 11.8. The Labute approximate surface area is 96.5 Å². The summed E-state index contributed by atoms with van der Waals surface area (Å²) < 4.78 is 0. The van der Waals surface area contributed by atoms with Gasteiger partial charge >= 0.3 is 6.03 Å². The van der Waals surface area contributed by atoms with E-state index in [1.807, 2.05) is 23.1 Å². The van der Waals surface area contributed by atoms with E-state index in [1.165, 1.54) is 5.56 Å². The van der Waals surface area contributed by atoms with Crippen LogP contribution in [-0.2, 0) is 0 Å². The minimum Gasteiger partial charge on any atom is -0.329 e. The van der Waals surface area contributed by atoms with Crippen LogP contribution < -0.4 is 5.32 Å². The van der Waals surface area contributed by atoms with Gasteiger partial charge in [-0.1, -0.05) is 30.3 Å². The van der Waals surface area contributed by atoms with Crippen LogP contribution >= 0.6 is 0 Å². The van der Waals surface area contributed by atoms with Gasteiger partial charge < -0.3 is 10.2 Å². The van der Waals surface area contributed by atoms with Gasteiger partial charge in [-0.15, -0.1) is 0 Å². The molecule has 1 aromatic carbocycles. The van der Waals surface area contributed by atoms with Gasteiger partial charge in [0.25, 0.3) is 0 Å². The number of nitrogens with one attached hydrogen (secondary N) is 1. The molecule has 0 spiro atoms. The van der Waals surface area contributed by atoms with Crippen molar-refractivity contribution in [2.75, 3.05) is 6.54 Å². The van der Waals surface area contributed by atoms with Gasteiger partial charge in [0, 0.05) is 12.1 Å². The topological polar surface area (TPSA) is 32.3 Å². The molecule has 1 unspecified atom stereocenters. The molecule has 2 rings (SSSR count). The zero-order chi connectivity index (χ0) is 11.8. The Morgan fingerprint density at radius 2 is 1.88 bits per heavy atom. The number of nitrogens with zero attached hydrogens (tertiary/aromatic N) is 1. The lowest BCUT2D eigenvalue weighted by Crippen LogP contribution is -2.43. The predicted molar refractivity (Wildman–Crippen MR) is 64.2 cm³/mol. The van der Waals surface area contributed by atoms with Gasteiger partial charge in [-0.3, -0.25) is 0 Å². The lowest BCUT2D eigenvalue weighted by molar-refractivity contribution is 0.169. The number of carbonyl (C=O) groups excluding carboxylic acids is 1. The molecule has 16 heavy (non-hydrogen) atoms. The minimum atomic E-state index is -0.117. The molecule has 1 N–H and O–H groups in total. The molecule has 0 aliphatic carbocycles. The number of benzene rings is 1. The van der Waals surface area contributed by atoms with E-state index in [1.54, 1.807) is 0 Å². The molecule has 1 atom stereocenters. The Morgan fingerprint density at radius 1 is 1.25 bits per heavy atom. The second-order valence-corrected chi connectivity index (χ2v) is 5.19. The fraction of sp³-hybridized carbons (Fsp3) is 0.462. The molecular weight excluding hydrogens is 200 g/mol. The summed E-state index contributed by atoms with van der Waals surface area (Å²) in [7, 11) is 0. The van der Waals surface area contributed by atoms with Crippen molar-refractivity contribution in [2.24, 2.45) is 0 Å². The van der Waals surface area contributed by atoms with Crippen molar-refractivity contribution in [1.82, 2.24) is 10.2 Å². The van der Waals surface area contributed by atoms with E-state index in [-0.39, 0.29) is 17.6 Å². The third-order valence-corrected chi connectivity index (χ3v) is 2.92. The summed E-state index contributed by atoms with van der Waals surface area (Å²) in [6.45, 7) is 6.91. The first-order valence-corrected chi connectivity index (χ1v) is 5.61. The zero-order valence-electron chi connectivity index (χ0n) is 10.0. The van der Waals surface area contributed by atoms with Crippen LogP contribution in [0.2, 0.25) is 0 Å². The van der Waals surface area contributed by atoms with E-state index in [2.05, 4.69) is 38.2 Å². The molecule has 1 aliphatic rings. The van der Waals surface area contributed by atoms with Gasteiger partial charge in [0.2, 0.25) is 0 Å². The smallest absolute Gasteiger partial charge is 0.318 e. The zero-order valence-corrected chi connectivity index (χ0v) is 10.0. The maximum Gasteiger partial charge on any atom is 0.318 e. The summed E-state index contributed by atoms with van der Waals surface area (Å²) in [6, 6.07) is 10.2. The first-order chi connectivity index (χ1) is 7.48. The van der Waals surface area contributed by atoms with Crippen LogP contribution in [-0.4, -0.2) is 23.0 Å². The molecule has 3 heteroatoms. The number of urea groups is 1. The van der Waals surface area contributed by atoms with E-state index >= 15 is 0 Å². The molecule has 0 radical (unpaired) electrons. The standard InChI is InChI=1S/C13H18N2O/c1-13(2,3)15-9-11(14-12(15)16)10-7-5-4-6-8-10/h4-8,11H,9H2,1-3H3,(H,14,16). The van der Waals surface area contributed by atoms with Crippen molar-refractivity contribution >= 4 is 6.03 Å². The summed E-state index contributed by atoms with van der Waals surface area (Å²) >= 11 is 0. The van der Waals surface area contributed by atoms with Crippen molar-refractivity contribution < 1.29 is 4.79 Å². The lowest BCUT2D eigenvalue weighted by Gasteiger charge is -2.30. The number of rotatable bonds is 1. The quantitative estimate of drug-likeness (QED) is 0.772. The van der Waals surface area contributed by atoms with Gasteiger partial charge in [-0.05, 0) is 26.3 Å². The van der Waals surface area contributed by atoms with Crippen molar-refractivity contribution in [3.63, 3.8) is 0 Å². The lowest BCUT2D eigenvalue weighted by atomic mass is 10.0. The first kappa shape index (κ1) is 11.0. The highest BCUT2D eigenvalue weighted by molar-refractivity contribution is 5.78. The maximum atomic E-state index is 11.8. The van der Waals surface area contributed by atoms with Crippen LogP contribution in [0.5, 0.6) is 0 Å². The van der Waals surface area contributed by atoms with Crippen molar-refractivity contribution in [3.8, 4) is 0 Å². The number of amides is 2.